The second-order valence-electron chi connectivity index (χ2n) is 13.6. The summed E-state index contributed by atoms with van der Waals surface area (Å²) < 4.78 is 7.00. The lowest BCUT2D eigenvalue weighted by Gasteiger charge is -2.65. The van der Waals surface area contributed by atoms with E-state index in [4.69, 9.17) is 4.74 Å². The highest BCUT2D eigenvalue weighted by molar-refractivity contribution is 5.63. The Balaban J connectivity index is 1.21. The van der Waals surface area contributed by atoms with E-state index in [9.17, 15) is 10.2 Å². The maximum absolute atomic E-state index is 13.3. The fourth-order valence-electron chi connectivity index (χ4n) is 9.92. The number of rotatable bonds is 5. The molecule has 0 aromatic heterocycles. The van der Waals surface area contributed by atoms with Crippen LogP contribution < -0.4 is 4.74 Å². The maximum atomic E-state index is 13.3. The van der Waals surface area contributed by atoms with Gasteiger partial charge in [-0.2, -0.15) is 0 Å². The Morgan fingerprint density at radius 2 is 1.70 bits per heavy atom. The molecule has 6 aliphatic rings. The number of piperidine rings is 1. The molecule has 3 unspecified atom stereocenters. The van der Waals surface area contributed by atoms with Gasteiger partial charge in [0.05, 0.1) is 17.1 Å². The zero-order chi connectivity index (χ0) is 26.6. The molecular formula is C35H38N2O3. The van der Waals surface area contributed by atoms with Crippen molar-refractivity contribution in [1.82, 2.24) is 9.80 Å². The smallest absolute Gasteiger partial charge is 0.165 e. The number of phenolic OH excluding ortho intramolecular Hbond substituents is 1. The molecule has 3 aliphatic heterocycles. The number of hydrogen-bond donors (Lipinski definition) is 2. The fourth-order valence-corrected chi connectivity index (χ4v) is 9.92. The lowest BCUT2D eigenvalue weighted by atomic mass is 9.46. The number of hydrogen-bond acceptors (Lipinski definition) is 5. The van der Waals surface area contributed by atoms with Crippen molar-refractivity contribution in [2.45, 2.75) is 73.8 Å². The lowest BCUT2D eigenvalue weighted by Crippen LogP contribution is -2.79. The van der Waals surface area contributed by atoms with E-state index >= 15 is 0 Å². The molecule has 40 heavy (non-hydrogen) atoms. The highest BCUT2D eigenvalue weighted by Gasteiger charge is 2.76. The minimum atomic E-state index is -0.881. The van der Waals surface area contributed by atoms with Gasteiger partial charge in [0, 0.05) is 37.2 Å². The van der Waals surface area contributed by atoms with Gasteiger partial charge in [0.15, 0.2) is 11.5 Å². The average molecular weight is 535 g/mol. The molecule has 4 fully saturated rings. The molecule has 2 N–H and O–H groups in total. The van der Waals surface area contributed by atoms with E-state index in [1.165, 1.54) is 29.5 Å². The topological polar surface area (TPSA) is 56.2 Å². The van der Waals surface area contributed by atoms with Crippen molar-refractivity contribution in [2.24, 2.45) is 11.8 Å². The number of aliphatic hydroxyl groups is 1. The van der Waals surface area contributed by atoms with E-state index in [0.29, 0.717) is 11.7 Å². The van der Waals surface area contributed by atoms with Crippen molar-refractivity contribution in [1.29, 1.82) is 0 Å². The molecule has 5 heteroatoms. The van der Waals surface area contributed by atoms with Crippen LogP contribution in [0.1, 0.15) is 53.9 Å². The number of ether oxygens (including phenoxy) is 1. The molecule has 2 saturated carbocycles. The summed E-state index contributed by atoms with van der Waals surface area (Å²) in [7, 11) is 0. The van der Waals surface area contributed by atoms with Crippen molar-refractivity contribution >= 4 is 0 Å². The largest absolute Gasteiger partial charge is 0.504 e. The van der Waals surface area contributed by atoms with Crippen LogP contribution in [0.2, 0.25) is 0 Å². The molecule has 3 heterocycles. The second kappa shape index (κ2) is 8.34. The van der Waals surface area contributed by atoms with Crippen LogP contribution >= 0.6 is 0 Å². The van der Waals surface area contributed by atoms with Gasteiger partial charge < -0.3 is 14.9 Å². The Morgan fingerprint density at radius 3 is 2.48 bits per heavy atom. The zero-order valence-corrected chi connectivity index (χ0v) is 23.0. The van der Waals surface area contributed by atoms with Crippen molar-refractivity contribution in [3.63, 3.8) is 0 Å². The minimum absolute atomic E-state index is 0.0940. The standard InChI is InChI=1S/C35H38N2O3/c38-28-14-13-25-17-29-35(39)18-26-27(24-9-5-2-6-10-24)21-37(20-22-7-3-1-4-8-22)31(26)33-34(35,30(25)32(28)40-33)15-16-36(29)19-23-11-12-23/h1-10,13-14,23,26-27,29,31,33,38-39H,11-12,15-21H2/t26?,27?,29-,31?,33-,34-,35+/m0/s1. The van der Waals surface area contributed by atoms with Crippen LogP contribution in [0, 0.1) is 11.8 Å². The van der Waals surface area contributed by atoms with Crippen molar-refractivity contribution in [2.75, 3.05) is 19.6 Å². The van der Waals surface area contributed by atoms with E-state index in [2.05, 4.69) is 76.5 Å². The number of phenols is 1. The molecule has 3 aromatic carbocycles. The van der Waals surface area contributed by atoms with Gasteiger partial charge in [-0.1, -0.05) is 66.7 Å². The SMILES string of the molecule is Oc1ccc2c3c1O[C@H]1C4C(C[C@@]5(O)[C@H](C2)N(CC2CC2)CC[C@]315)C(c1ccccc1)CN4Cc1ccccc1. The molecule has 3 aromatic rings. The Hall–Kier alpha value is -2.86. The van der Waals surface area contributed by atoms with Crippen LogP contribution in [0.25, 0.3) is 0 Å². The molecule has 7 atom stereocenters. The van der Waals surface area contributed by atoms with Crippen LogP contribution in [0.5, 0.6) is 11.5 Å². The first-order valence-electron chi connectivity index (χ1n) is 15.4. The molecule has 9 rings (SSSR count). The molecule has 0 radical (unpaired) electrons. The zero-order valence-electron chi connectivity index (χ0n) is 23.0. The monoisotopic (exact) mass is 534 g/mol. The maximum Gasteiger partial charge on any atom is 0.165 e. The highest BCUT2D eigenvalue weighted by Crippen LogP contribution is 2.68. The van der Waals surface area contributed by atoms with Gasteiger partial charge >= 0.3 is 0 Å². The molecule has 2 bridgehead atoms. The lowest BCUT2D eigenvalue weighted by molar-refractivity contribution is -0.208. The van der Waals surface area contributed by atoms with Gasteiger partial charge in [-0.25, -0.2) is 0 Å². The first-order chi connectivity index (χ1) is 19.6. The first kappa shape index (κ1) is 23.8. The molecule has 2 saturated heterocycles. The van der Waals surface area contributed by atoms with Crippen LogP contribution in [-0.4, -0.2) is 63.4 Å². The van der Waals surface area contributed by atoms with Crippen LogP contribution in [0.3, 0.4) is 0 Å². The molecule has 206 valence electrons. The number of fused-ring (bicyclic) bond motifs is 2. The summed E-state index contributed by atoms with van der Waals surface area (Å²) in [6, 6.07) is 26.0. The molecule has 0 amide bonds. The van der Waals surface area contributed by atoms with Crippen molar-refractivity contribution in [3.05, 3.63) is 95.1 Å². The number of nitrogens with zero attached hydrogens (tertiary/aromatic N) is 2. The predicted molar refractivity (Wildman–Crippen MR) is 153 cm³/mol. The van der Waals surface area contributed by atoms with Gasteiger partial charge in [-0.15, -0.1) is 0 Å². The summed E-state index contributed by atoms with van der Waals surface area (Å²) in [4.78, 5) is 5.29. The van der Waals surface area contributed by atoms with Crippen LogP contribution in [-0.2, 0) is 18.4 Å². The Kier molecular flexibility index (Phi) is 4.96. The van der Waals surface area contributed by atoms with Crippen molar-refractivity contribution < 1.29 is 14.9 Å². The summed E-state index contributed by atoms with van der Waals surface area (Å²) in [6.07, 6.45) is 4.97. The van der Waals surface area contributed by atoms with E-state index in [1.54, 1.807) is 0 Å². The highest BCUT2D eigenvalue weighted by atomic mass is 16.5. The van der Waals surface area contributed by atoms with Gasteiger partial charge in [0.2, 0.25) is 0 Å². The first-order valence-corrected chi connectivity index (χ1v) is 15.4. The van der Waals surface area contributed by atoms with E-state index in [0.717, 1.165) is 56.9 Å². The van der Waals surface area contributed by atoms with E-state index < -0.39 is 11.0 Å². The normalized spacial score (nSPS) is 37.6. The van der Waals surface area contributed by atoms with Crippen LogP contribution in [0.4, 0.5) is 0 Å². The third-order valence-electron chi connectivity index (χ3n) is 11.7. The third-order valence-corrected chi connectivity index (χ3v) is 11.7. The quantitative estimate of drug-likeness (QED) is 0.490. The summed E-state index contributed by atoms with van der Waals surface area (Å²) >= 11 is 0. The Labute approximate surface area is 236 Å². The summed E-state index contributed by atoms with van der Waals surface area (Å²) in [5.74, 6) is 2.27. The second-order valence-corrected chi connectivity index (χ2v) is 13.6. The summed E-state index contributed by atoms with van der Waals surface area (Å²) in [6.45, 7) is 3.92. The Bertz CT molecular complexity index is 1460. The molecule has 5 nitrogen and oxygen atoms in total. The predicted octanol–water partition coefficient (Wildman–Crippen LogP) is 4.85. The molecule has 1 spiro atoms. The van der Waals surface area contributed by atoms with Crippen LogP contribution in [0.15, 0.2) is 72.8 Å². The van der Waals surface area contributed by atoms with Gasteiger partial charge in [-0.3, -0.25) is 9.80 Å². The van der Waals surface area contributed by atoms with E-state index in [1.807, 2.05) is 6.07 Å². The number of benzene rings is 3. The van der Waals surface area contributed by atoms with Gasteiger partial charge in [-0.05, 0) is 73.2 Å². The third kappa shape index (κ3) is 3.09. The summed E-state index contributed by atoms with van der Waals surface area (Å²) in [5.41, 5.74) is 3.71. The number of aromatic hydroxyl groups is 1. The number of likely N-dealkylation sites (tertiary alicyclic amines) is 2. The summed E-state index contributed by atoms with van der Waals surface area (Å²) in [5, 5.41) is 24.4. The average Bonchev–Trinajstić information content (AvgIpc) is 3.62. The van der Waals surface area contributed by atoms with E-state index in [-0.39, 0.29) is 29.9 Å². The van der Waals surface area contributed by atoms with Gasteiger partial charge in [0.25, 0.3) is 0 Å². The Morgan fingerprint density at radius 1 is 0.925 bits per heavy atom. The molecule has 3 aliphatic carbocycles. The minimum Gasteiger partial charge on any atom is -0.504 e. The van der Waals surface area contributed by atoms with Gasteiger partial charge in [0.1, 0.15) is 6.10 Å². The molecular weight excluding hydrogens is 496 g/mol. The van der Waals surface area contributed by atoms with Crippen molar-refractivity contribution in [3.8, 4) is 11.5 Å². The fraction of sp³-hybridized carbons (Fsp3) is 0.486.